The van der Waals surface area contributed by atoms with E-state index >= 15 is 0 Å². The Bertz CT molecular complexity index is 944. The molecule has 3 aromatic rings. The second-order valence-corrected chi connectivity index (χ2v) is 8.24. The molecule has 1 fully saturated rings. The van der Waals surface area contributed by atoms with Crippen molar-refractivity contribution in [3.05, 3.63) is 106 Å². The van der Waals surface area contributed by atoms with Crippen molar-refractivity contribution in [2.45, 2.75) is 25.4 Å². The Morgan fingerprint density at radius 2 is 1.34 bits per heavy atom. The average Bonchev–Trinajstić information content (AvgIpc) is 2.91. The van der Waals surface area contributed by atoms with Crippen molar-refractivity contribution in [1.82, 2.24) is 9.80 Å². The van der Waals surface area contributed by atoms with Crippen molar-refractivity contribution in [2.24, 2.45) is 0 Å². The maximum atomic E-state index is 13.5. The Morgan fingerprint density at radius 1 is 0.724 bits per heavy atom. The van der Waals surface area contributed by atoms with Crippen molar-refractivity contribution < 1.29 is 4.39 Å². The third-order valence-electron chi connectivity index (χ3n) is 6.43. The number of benzene rings is 3. The molecule has 0 aromatic heterocycles. The summed E-state index contributed by atoms with van der Waals surface area (Å²) < 4.78 is 13.5. The first-order valence-corrected chi connectivity index (χ1v) is 10.6. The largest absolute Gasteiger partial charge is 0.297 e. The summed E-state index contributed by atoms with van der Waals surface area (Å²) in [6, 6.07) is 25.3. The summed E-state index contributed by atoms with van der Waals surface area (Å²) in [7, 11) is 0. The molecule has 29 heavy (non-hydrogen) atoms. The highest BCUT2D eigenvalue weighted by atomic mass is 19.1. The predicted molar refractivity (Wildman–Crippen MR) is 115 cm³/mol. The van der Waals surface area contributed by atoms with Gasteiger partial charge in [0.25, 0.3) is 0 Å². The van der Waals surface area contributed by atoms with Gasteiger partial charge in [0, 0.05) is 32.7 Å². The number of hydrogen-bond acceptors (Lipinski definition) is 2. The molecule has 0 atom stereocenters. The van der Waals surface area contributed by atoms with Gasteiger partial charge in [0.05, 0.1) is 6.04 Å². The minimum atomic E-state index is -0.146. The zero-order valence-corrected chi connectivity index (χ0v) is 16.7. The van der Waals surface area contributed by atoms with Gasteiger partial charge in [-0.1, -0.05) is 60.7 Å². The lowest BCUT2D eigenvalue weighted by Gasteiger charge is -2.40. The first-order chi connectivity index (χ1) is 14.3. The summed E-state index contributed by atoms with van der Waals surface area (Å²) in [6.45, 7) is 4.91. The molecule has 0 spiro atoms. The second-order valence-electron chi connectivity index (χ2n) is 8.24. The van der Waals surface area contributed by atoms with Crippen molar-refractivity contribution >= 4 is 0 Å². The molecule has 0 unspecified atom stereocenters. The first-order valence-electron chi connectivity index (χ1n) is 10.6. The third-order valence-corrected chi connectivity index (χ3v) is 6.43. The molecule has 1 aliphatic heterocycles. The quantitative estimate of drug-likeness (QED) is 0.636. The molecule has 0 N–H and O–H groups in total. The van der Waals surface area contributed by atoms with Crippen LogP contribution < -0.4 is 0 Å². The van der Waals surface area contributed by atoms with E-state index in [1.54, 1.807) is 12.1 Å². The third kappa shape index (κ3) is 3.85. The molecular weight excluding hydrogens is 359 g/mol. The molecule has 148 valence electrons. The molecule has 3 aromatic carbocycles. The Hall–Kier alpha value is -2.49. The molecule has 0 radical (unpaired) electrons. The Kier molecular flexibility index (Phi) is 5.17. The smallest absolute Gasteiger partial charge is 0.123 e. The maximum Gasteiger partial charge on any atom is 0.123 e. The van der Waals surface area contributed by atoms with E-state index in [9.17, 15) is 4.39 Å². The Labute approximate surface area is 172 Å². The Morgan fingerprint density at radius 3 is 1.97 bits per heavy atom. The zero-order valence-electron chi connectivity index (χ0n) is 16.7. The highest BCUT2D eigenvalue weighted by Gasteiger charge is 2.30. The van der Waals surface area contributed by atoms with Gasteiger partial charge in [-0.25, -0.2) is 4.39 Å². The molecular formula is C26H27FN2. The van der Waals surface area contributed by atoms with Crippen LogP contribution in [0.1, 0.15) is 33.9 Å². The Balaban J connectivity index is 1.38. The van der Waals surface area contributed by atoms with Crippen LogP contribution in [0.4, 0.5) is 4.39 Å². The molecule has 0 amide bonds. The summed E-state index contributed by atoms with van der Waals surface area (Å²) >= 11 is 0. The fraction of sp³-hybridized carbons (Fsp3) is 0.308. The molecule has 1 saturated heterocycles. The van der Waals surface area contributed by atoms with Crippen LogP contribution in [0.25, 0.3) is 0 Å². The lowest BCUT2D eigenvalue weighted by Crippen LogP contribution is -2.47. The van der Waals surface area contributed by atoms with Crippen LogP contribution in [0, 0.1) is 5.82 Å². The second kappa shape index (κ2) is 8.10. The molecule has 2 aliphatic rings. The van der Waals surface area contributed by atoms with Crippen LogP contribution in [0.2, 0.25) is 0 Å². The van der Waals surface area contributed by atoms with Crippen molar-refractivity contribution in [2.75, 3.05) is 26.2 Å². The van der Waals surface area contributed by atoms with Gasteiger partial charge in [-0.3, -0.25) is 9.80 Å². The van der Waals surface area contributed by atoms with Crippen LogP contribution in [0.3, 0.4) is 0 Å². The van der Waals surface area contributed by atoms with Crippen LogP contribution >= 0.6 is 0 Å². The zero-order chi connectivity index (χ0) is 19.6. The standard InChI is InChI=1S/C26H27FN2/c27-23-9-5-6-20(18-23)19-28-14-16-29(17-15-28)26-24-10-3-1-7-21(24)12-13-22-8-2-4-11-25(22)26/h1-11,18,26H,12-17,19H2. The molecule has 0 bridgehead atoms. The monoisotopic (exact) mass is 386 g/mol. The van der Waals surface area contributed by atoms with E-state index in [-0.39, 0.29) is 5.82 Å². The summed E-state index contributed by atoms with van der Waals surface area (Å²) in [5.41, 5.74) is 6.96. The number of piperazine rings is 1. The minimum Gasteiger partial charge on any atom is -0.297 e. The van der Waals surface area contributed by atoms with Gasteiger partial charge in [0.1, 0.15) is 5.82 Å². The van der Waals surface area contributed by atoms with E-state index in [0.29, 0.717) is 6.04 Å². The lowest BCUT2D eigenvalue weighted by molar-refractivity contribution is 0.104. The van der Waals surface area contributed by atoms with Gasteiger partial charge < -0.3 is 0 Å². The molecule has 1 aliphatic carbocycles. The molecule has 3 heteroatoms. The first kappa shape index (κ1) is 18.5. The normalized spacial score (nSPS) is 18.1. The highest BCUT2D eigenvalue weighted by Crippen LogP contribution is 2.37. The topological polar surface area (TPSA) is 6.48 Å². The van der Waals surface area contributed by atoms with E-state index in [4.69, 9.17) is 0 Å². The van der Waals surface area contributed by atoms with Crippen molar-refractivity contribution in [3.63, 3.8) is 0 Å². The average molecular weight is 387 g/mol. The SMILES string of the molecule is Fc1cccc(CN2CCN(C3c4ccccc4CCc4ccccc43)CC2)c1. The number of aryl methyl sites for hydroxylation is 2. The van der Waals surface area contributed by atoms with Crippen LogP contribution in [-0.2, 0) is 19.4 Å². The van der Waals surface area contributed by atoms with Crippen molar-refractivity contribution in [3.8, 4) is 0 Å². The van der Waals surface area contributed by atoms with Crippen LogP contribution in [-0.4, -0.2) is 36.0 Å². The molecule has 0 saturated carbocycles. The van der Waals surface area contributed by atoms with Gasteiger partial charge >= 0.3 is 0 Å². The summed E-state index contributed by atoms with van der Waals surface area (Å²) in [5.74, 6) is -0.146. The minimum absolute atomic E-state index is 0.146. The van der Waals surface area contributed by atoms with E-state index in [0.717, 1.165) is 51.1 Å². The summed E-state index contributed by atoms with van der Waals surface area (Å²) in [6.07, 6.45) is 2.23. The van der Waals surface area contributed by atoms with Gasteiger partial charge in [0.2, 0.25) is 0 Å². The van der Waals surface area contributed by atoms with Gasteiger partial charge in [-0.05, 0) is 52.8 Å². The van der Waals surface area contributed by atoms with Crippen LogP contribution in [0.5, 0.6) is 0 Å². The van der Waals surface area contributed by atoms with E-state index in [1.165, 1.54) is 28.3 Å². The number of rotatable bonds is 3. The van der Waals surface area contributed by atoms with Gasteiger partial charge in [0.15, 0.2) is 0 Å². The van der Waals surface area contributed by atoms with E-state index < -0.39 is 0 Å². The molecule has 5 rings (SSSR count). The number of halogens is 1. The fourth-order valence-electron chi connectivity index (χ4n) is 4.96. The van der Waals surface area contributed by atoms with Crippen LogP contribution in [0.15, 0.2) is 72.8 Å². The lowest BCUT2D eigenvalue weighted by atomic mass is 9.92. The van der Waals surface area contributed by atoms with Gasteiger partial charge in [-0.2, -0.15) is 0 Å². The van der Waals surface area contributed by atoms with Gasteiger partial charge in [-0.15, -0.1) is 0 Å². The summed E-state index contributed by atoms with van der Waals surface area (Å²) in [4.78, 5) is 5.09. The predicted octanol–water partition coefficient (Wildman–Crippen LogP) is 4.83. The summed E-state index contributed by atoms with van der Waals surface area (Å²) in [5, 5.41) is 0. The molecule has 1 heterocycles. The highest BCUT2D eigenvalue weighted by molar-refractivity contribution is 5.44. The number of fused-ring (bicyclic) bond motifs is 2. The maximum absolute atomic E-state index is 13.5. The number of hydrogen-bond donors (Lipinski definition) is 0. The van der Waals surface area contributed by atoms with E-state index in [1.807, 2.05) is 6.07 Å². The van der Waals surface area contributed by atoms with E-state index in [2.05, 4.69) is 58.3 Å². The van der Waals surface area contributed by atoms with Crippen molar-refractivity contribution in [1.29, 1.82) is 0 Å². The molecule has 2 nitrogen and oxygen atoms in total. The fourth-order valence-corrected chi connectivity index (χ4v) is 4.96. The number of nitrogens with zero attached hydrogens (tertiary/aromatic N) is 2.